The highest BCUT2D eigenvalue weighted by atomic mass is 16.3. The highest BCUT2D eigenvalue weighted by Gasteiger charge is 2.46. The van der Waals surface area contributed by atoms with Gasteiger partial charge >= 0.3 is 0 Å². The highest BCUT2D eigenvalue weighted by molar-refractivity contribution is 5.30. The van der Waals surface area contributed by atoms with Gasteiger partial charge in [0.25, 0.3) is 0 Å². The fraction of sp³-hybridized carbons (Fsp3) is 0.429. The second-order valence-electron chi connectivity index (χ2n) is 6.94. The van der Waals surface area contributed by atoms with E-state index in [2.05, 4.69) is 0 Å². The molecule has 124 valence electrons. The lowest BCUT2D eigenvalue weighted by Gasteiger charge is -2.45. The molecule has 0 bridgehead atoms. The zero-order chi connectivity index (χ0) is 17.0. The van der Waals surface area contributed by atoms with E-state index in [-0.39, 0.29) is 17.8 Å². The van der Waals surface area contributed by atoms with Crippen molar-refractivity contribution < 1.29 is 10.2 Å². The maximum absolute atomic E-state index is 11.6. The molecule has 2 N–H and O–H groups in total. The largest absolute Gasteiger partial charge is 0.389 e. The van der Waals surface area contributed by atoms with Crippen molar-refractivity contribution >= 4 is 0 Å². The lowest BCUT2D eigenvalue weighted by Crippen LogP contribution is -2.48. The Morgan fingerprint density at radius 1 is 0.696 bits per heavy atom. The van der Waals surface area contributed by atoms with Crippen LogP contribution in [0.15, 0.2) is 60.7 Å². The third-order valence-electron chi connectivity index (χ3n) is 4.96. The molecule has 0 heterocycles. The molecular weight excluding hydrogens is 284 g/mol. The van der Waals surface area contributed by atoms with Crippen LogP contribution < -0.4 is 0 Å². The van der Waals surface area contributed by atoms with Gasteiger partial charge in [0.05, 0.1) is 11.7 Å². The smallest absolute Gasteiger partial charge is 0.0886 e. The van der Waals surface area contributed by atoms with E-state index >= 15 is 0 Å². The molecule has 2 nitrogen and oxygen atoms in total. The molecule has 0 saturated carbocycles. The van der Waals surface area contributed by atoms with Crippen molar-refractivity contribution in [3.8, 4) is 0 Å². The van der Waals surface area contributed by atoms with Crippen LogP contribution in [0.4, 0.5) is 0 Å². The fourth-order valence-corrected chi connectivity index (χ4v) is 3.59. The number of benzene rings is 2. The van der Waals surface area contributed by atoms with E-state index in [4.69, 9.17) is 0 Å². The van der Waals surface area contributed by atoms with Gasteiger partial charge in [0.1, 0.15) is 0 Å². The Kier molecular flexibility index (Phi) is 5.61. The Labute approximate surface area is 139 Å². The molecule has 2 atom stereocenters. The van der Waals surface area contributed by atoms with E-state index < -0.39 is 11.7 Å². The van der Waals surface area contributed by atoms with Gasteiger partial charge in [-0.25, -0.2) is 0 Å². The molecule has 0 aromatic heterocycles. The van der Waals surface area contributed by atoms with Gasteiger partial charge in [0.15, 0.2) is 0 Å². The van der Waals surface area contributed by atoms with E-state index in [9.17, 15) is 10.2 Å². The Morgan fingerprint density at radius 2 is 1.09 bits per heavy atom. The Balaban J connectivity index is 2.57. The summed E-state index contributed by atoms with van der Waals surface area (Å²) >= 11 is 0. The van der Waals surface area contributed by atoms with Gasteiger partial charge in [0, 0.05) is 5.92 Å². The van der Waals surface area contributed by atoms with Crippen LogP contribution in [0.25, 0.3) is 0 Å². The summed E-state index contributed by atoms with van der Waals surface area (Å²) in [6.07, 6.45) is -0.756. The summed E-state index contributed by atoms with van der Waals surface area (Å²) in [5.41, 5.74) is 0.797. The molecule has 2 aromatic rings. The SMILES string of the molecule is CC(C)C(O)(C(C)C)[C@H](c1ccccc1)[C@H](O)c1ccccc1. The Bertz CT molecular complexity index is 582. The lowest BCUT2D eigenvalue weighted by atomic mass is 9.65. The standard InChI is InChI=1S/C21H28O2/c1-15(2)21(23,16(3)4)19(17-11-7-5-8-12-17)20(22)18-13-9-6-10-14-18/h5-16,19-20,22-23H,1-4H3/t19-,20-/m1/s1. The number of hydrogen-bond acceptors (Lipinski definition) is 2. The van der Waals surface area contributed by atoms with Gasteiger partial charge in [-0.1, -0.05) is 88.4 Å². The third-order valence-corrected chi connectivity index (χ3v) is 4.96. The molecule has 2 aromatic carbocycles. The molecule has 0 aliphatic heterocycles. The van der Waals surface area contributed by atoms with E-state index in [1.54, 1.807) is 0 Å². The first-order valence-electron chi connectivity index (χ1n) is 8.39. The lowest BCUT2D eigenvalue weighted by molar-refractivity contribution is -0.102. The van der Waals surface area contributed by atoms with Crippen LogP contribution in [0.5, 0.6) is 0 Å². The van der Waals surface area contributed by atoms with Crippen molar-refractivity contribution in [2.24, 2.45) is 11.8 Å². The van der Waals surface area contributed by atoms with E-state index in [0.717, 1.165) is 11.1 Å². The summed E-state index contributed by atoms with van der Waals surface area (Å²) in [5.74, 6) is -0.344. The summed E-state index contributed by atoms with van der Waals surface area (Å²) in [7, 11) is 0. The second kappa shape index (κ2) is 7.29. The molecule has 0 amide bonds. The molecule has 2 rings (SSSR count). The second-order valence-corrected chi connectivity index (χ2v) is 6.94. The number of aliphatic hydroxyl groups excluding tert-OH is 1. The maximum Gasteiger partial charge on any atom is 0.0886 e. The van der Waals surface area contributed by atoms with Crippen molar-refractivity contribution in [2.75, 3.05) is 0 Å². The van der Waals surface area contributed by atoms with Crippen molar-refractivity contribution in [1.82, 2.24) is 0 Å². The average molecular weight is 312 g/mol. The first kappa shape index (κ1) is 17.7. The Hall–Kier alpha value is -1.64. The molecule has 0 saturated heterocycles. The van der Waals surface area contributed by atoms with Crippen LogP contribution >= 0.6 is 0 Å². The minimum absolute atomic E-state index is 0.0195. The van der Waals surface area contributed by atoms with Crippen LogP contribution in [-0.2, 0) is 0 Å². The first-order chi connectivity index (χ1) is 10.9. The normalized spacial score (nSPS) is 15.0. The molecule has 23 heavy (non-hydrogen) atoms. The van der Waals surface area contributed by atoms with Gasteiger partial charge in [-0.3, -0.25) is 0 Å². The number of rotatable bonds is 6. The molecule has 0 unspecified atom stereocenters. The minimum atomic E-state index is -1.00. The summed E-state index contributed by atoms with van der Waals surface area (Å²) < 4.78 is 0. The Morgan fingerprint density at radius 3 is 1.48 bits per heavy atom. The first-order valence-corrected chi connectivity index (χ1v) is 8.39. The van der Waals surface area contributed by atoms with Crippen molar-refractivity contribution in [2.45, 2.75) is 45.3 Å². The van der Waals surface area contributed by atoms with Crippen LogP contribution in [0.1, 0.15) is 50.8 Å². The van der Waals surface area contributed by atoms with Crippen LogP contribution in [0, 0.1) is 11.8 Å². The maximum atomic E-state index is 11.6. The fourth-order valence-electron chi connectivity index (χ4n) is 3.59. The number of hydrogen-bond donors (Lipinski definition) is 2. The molecule has 2 heteroatoms. The van der Waals surface area contributed by atoms with Gasteiger partial charge in [0.2, 0.25) is 0 Å². The molecule has 0 aliphatic carbocycles. The van der Waals surface area contributed by atoms with Gasteiger partial charge in [-0.2, -0.15) is 0 Å². The quantitative estimate of drug-likeness (QED) is 0.821. The zero-order valence-electron chi connectivity index (χ0n) is 14.5. The van der Waals surface area contributed by atoms with Crippen LogP contribution in [-0.4, -0.2) is 15.8 Å². The predicted molar refractivity (Wildman–Crippen MR) is 95.2 cm³/mol. The minimum Gasteiger partial charge on any atom is -0.389 e. The summed E-state index contributed by atoms with van der Waals surface area (Å²) in [5, 5.41) is 22.7. The monoisotopic (exact) mass is 312 g/mol. The van der Waals surface area contributed by atoms with E-state index in [1.165, 1.54) is 0 Å². The van der Waals surface area contributed by atoms with Gasteiger partial charge in [-0.15, -0.1) is 0 Å². The van der Waals surface area contributed by atoms with Crippen molar-refractivity contribution in [3.63, 3.8) is 0 Å². The summed E-state index contributed by atoms with van der Waals surface area (Å²) in [6.45, 7) is 8.09. The molecule has 0 spiro atoms. The summed E-state index contributed by atoms with van der Waals surface area (Å²) in [6, 6.07) is 19.5. The van der Waals surface area contributed by atoms with Gasteiger partial charge in [-0.05, 0) is 23.0 Å². The molecule has 0 fully saturated rings. The molecule has 0 radical (unpaired) electrons. The number of aliphatic hydroxyl groups is 2. The zero-order valence-corrected chi connectivity index (χ0v) is 14.5. The molecule has 0 aliphatic rings. The third kappa shape index (κ3) is 3.49. The van der Waals surface area contributed by atoms with Crippen LogP contribution in [0.2, 0.25) is 0 Å². The van der Waals surface area contributed by atoms with E-state index in [1.807, 2.05) is 88.4 Å². The predicted octanol–water partition coefficient (Wildman–Crippen LogP) is 4.55. The highest BCUT2D eigenvalue weighted by Crippen LogP contribution is 2.46. The van der Waals surface area contributed by atoms with Crippen LogP contribution in [0.3, 0.4) is 0 Å². The molecular formula is C21H28O2. The van der Waals surface area contributed by atoms with Crippen molar-refractivity contribution in [3.05, 3.63) is 71.8 Å². The topological polar surface area (TPSA) is 40.5 Å². The van der Waals surface area contributed by atoms with Crippen molar-refractivity contribution in [1.29, 1.82) is 0 Å². The summed E-state index contributed by atoms with van der Waals surface area (Å²) in [4.78, 5) is 0. The average Bonchev–Trinajstić information content (AvgIpc) is 2.56. The van der Waals surface area contributed by atoms with E-state index in [0.29, 0.717) is 0 Å². The van der Waals surface area contributed by atoms with Gasteiger partial charge < -0.3 is 10.2 Å².